The maximum atomic E-state index is 13.5. The Labute approximate surface area is 104 Å². The Morgan fingerprint density at radius 1 is 1.22 bits per heavy atom. The van der Waals surface area contributed by atoms with Crippen LogP contribution in [0.15, 0.2) is 28.7 Å². The van der Waals surface area contributed by atoms with E-state index in [1.807, 2.05) is 19.9 Å². The van der Waals surface area contributed by atoms with E-state index in [0.717, 1.165) is 23.2 Å². The highest BCUT2D eigenvalue weighted by atomic mass is 19.1. The molecule has 0 saturated heterocycles. The van der Waals surface area contributed by atoms with Crippen molar-refractivity contribution in [3.8, 4) is 0 Å². The Morgan fingerprint density at radius 3 is 2.50 bits per heavy atom. The summed E-state index contributed by atoms with van der Waals surface area (Å²) in [6.07, 6.45) is 0.311. The van der Waals surface area contributed by atoms with Crippen molar-refractivity contribution in [1.29, 1.82) is 0 Å². The molecule has 1 atom stereocenters. The van der Waals surface area contributed by atoms with Gasteiger partial charge in [0, 0.05) is 17.7 Å². The van der Waals surface area contributed by atoms with Crippen LogP contribution in [0.2, 0.25) is 0 Å². The number of furan rings is 1. The second-order valence-electron chi connectivity index (χ2n) is 4.41. The molecule has 0 amide bonds. The van der Waals surface area contributed by atoms with Crippen LogP contribution in [0.4, 0.5) is 8.78 Å². The third kappa shape index (κ3) is 2.59. The van der Waals surface area contributed by atoms with E-state index in [4.69, 9.17) is 10.2 Å². The number of halogens is 2. The highest BCUT2D eigenvalue weighted by Crippen LogP contribution is 2.24. The smallest absolute Gasteiger partial charge is 0.129 e. The largest absolute Gasteiger partial charge is 0.466 e. The van der Waals surface area contributed by atoms with Crippen molar-refractivity contribution >= 4 is 0 Å². The first-order valence-corrected chi connectivity index (χ1v) is 5.74. The molecule has 0 bridgehead atoms. The molecule has 1 aromatic heterocycles. The number of aryl methyl sites for hydroxylation is 2. The highest BCUT2D eigenvalue weighted by Gasteiger charge is 2.15. The van der Waals surface area contributed by atoms with Crippen LogP contribution < -0.4 is 5.73 Å². The molecule has 1 aromatic carbocycles. The number of rotatable bonds is 3. The summed E-state index contributed by atoms with van der Waals surface area (Å²) in [5.74, 6) is 0.364. The van der Waals surface area contributed by atoms with Gasteiger partial charge in [0.25, 0.3) is 0 Å². The van der Waals surface area contributed by atoms with Gasteiger partial charge in [0.1, 0.15) is 23.2 Å². The first kappa shape index (κ1) is 12.8. The molecule has 0 aliphatic rings. The lowest BCUT2D eigenvalue weighted by atomic mass is 9.99. The second kappa shape index (κ2) is 4.90. The van der Waals surface area contributed by atoms with Crippen LogP contribution in [0.5, 0.6) is 0 Å². The van der Waals surface area contributed by atoms with E-state index in [2.05, 4.69) is 0 Å². The van der Waals surface area contributed by atoms with Gasteiger partial charge in [-0.2, -0.15) is 0 Å². The Morgan fingerprint density at radius 2 is 1.94 bits per heavy atom. The lowest BCUT2D eigenvalue weighted by Crippen LogP contribution is -2.14. The molecule has 0 aliphatic carbocycles. The predicted octanol–water partition coefficient (Wildman–Crippen LogP) is 3.42. The third-order valence-electron chi connectivity index (χ3n) is 2.93. The summed E-state index contributed by atoms with van der Waals surface area (Å²) < 4.78 is 31.7. The third-order valence-corrected chi connectivity index (χ3v) is 2.93. The molecule has 1 heterocycles. The number of hydrogen-bond donors (Lipinski definition) is 1. The summed E-state index contributed by atoms with van der Waals surface area (Å²) in [4.78, 5) is 0. The van der Waals surface area contributed by atoms with Crippen molar-refractivity contribution in [3.05, 3.63) is 58.5 Å². The molecular weight excluding hydrogens is 236 g/mol. The maximum Gasteiger partial charge on any atom is 0.129 e. The summed E-state index contributed by atoms with van der Waals surface area (Å²) in [5.41, 5.74) is 7.29. The van der Waals surface area contributed by atoms with Gasteiger partial charge in [0.2, 0.25) is 0 Å². The number of benzene rings is 1. The van der Waals surface area contributed by atoms with Gasteiger partial charge in [-0.05, 0) is 38.0 Å². The summed E-state index contributed by atoms with van der Waals surface area (Å²) in [6.45, 7) is 3.66. The highest BCUT2D eigenvalue weighted by molar-refractivity contribution is 5.27. The minimum absolute atomic E-state index is 0.311. The van der Waals surface area contributed by atoms with Crippen LogP contribution in [-0.2, 0) is 6.42 Å². The van der Waals surface area contributed by atoms with Crippen LogP contribution in [-0.4, -0.2) is 0 Å². The molecule has 96 valence electrons. The molecule has 0 aliphatic heterocycles. The predicted molar refractivity (Wildman–Crippen MR) is 65.2 cm³/mol. The van der Waals surface area contributed by atoms with Gasteiger partial charge in [-0.3, -0.25) is 0 Å². The van der Waals surface area contributed by atoms with Crippen LogP contribution in [0.25, 0.3) is 0 Å². The minimum atomic E-state index is -0.583. The molecule has 1 unspecified atom stereocenters. The van der Waals surface area contributed by atoms with Crippen molar-refractivity contribution in [2.45, 2.75) is 26.3 Å². The van der Waals surface area contributed by atoms with Gasteiger partial charge in [0.15, 0.2) is 0 Å². The lowest BCUT2D eigenvalue weighted by molar-refractivity contribution is 0.496. The van der Waals surface area contributed by atoms with Crippen LogP contribution >= 0.6 is 0 Å². The zero-order valence-electron chi connectivity index (χ0n) is 10.3. The Balaban J connectivity index is 2.21. The monoisotopic (exact) mass is 251 g/mol. The van der Waals surface area contributed by atoms with Gasteiger partial charge in [-0.1, -0.05) is 6.07 Å². The zero-order chi connectivity index (χ0) is 13.3. The molecule has 2 N–H and O–H groups in total. The van der Waals surface area contributed by atoms with E-state index in [1.165, 1.54) is 12.1 Å². The van der Waals surface area contributed by atoms with E-state index >= 15 is 0 Å². The Hall–Kier alpha value is -1.68. The van der Waals surface area contributed by atoms with E-state index in [0.29, 0.717) is 12.0 Å². The maximum absolute atomic E-state index is 13.5. The molecule has 0 radical (unpaired) electrons. The molecule has 2 nitrogen and oxygen atoms in total. The first-order chi connectivity index (χ1) is 8.47. The summed E-state index contributed by atoms with van der Waals surface area (Å²) >= 11 is 0. The lowest BCUT2D eigenvalue weighted by Gasteiger charge is -2.11. The molecule has 18 heavy (non-hydrogen) atoms. The van der Waals surface area contributed by atoms with Crippen molar-refractivity contribution in [2.75, 3.05) is 0 Å². The first-order valence-electron chi connectivity index (χ1n) is 5.74. The SMILES string of the molecule is Cc1cc(C(N)Cc2ccc(F)cc2F)c(C)o1. The molecule has 0 spiro atoms. The van der Waals surface area contributed by atoms with Crippen molar-refractivity contribution in [2.24, 2.45) is 5.73 Å². The van der Waals surface area contributed by atoms with Gasteiger partial charge < -0.3 is 10.2 Å². The number of hydrogen-bond acceptors (Lipinski definition) is 2. The van der Waals surface area contributed by atoms with E-state index < -0.39 is 11.6 Å². The van der Waals surface area contributed by atoms with Crippen LogP contribution in [0.3, 0.4) is 0 Å². The normalized spacial score (nSPS) is 12.7. The molecule has 0 saturated carbocycles. The van der Waals surface area contributed by atoms with E-state index in [9.17, 15) is 8.78 Å². The fraction of sp³-hybridized carbons (Fsp3) is 0.286. The summed E-state index contributed by atoms with van der Waals surface area (Å²) in [6, 6.07) is 5.02. The van der Waals surface area contributed by atoms with E-state index in [1.54, 1.807) is 0 Å². The van der Waals surface area contributed by atoms with Crippen LogP contribution in [0, 0.1) is 25.5 Å². The van der Waals surface area contributed by atoms with Gasteiger partial charge in [0.05, 0.1) is 0 Å². The fourth-order valence-electron chi connectivity index (χ4n) is 2.05. The van der Waals surface area contributed by atoms with Crippen molar-refractivity contribution in [3.63, 3.8) is 0 Å². The number of nitrogens with two attached hydrogens (primary N) is 1. The minimum Gasteiger partial charge on any atom is -0.466 e. The quantitative estimate of drug-likeness (QED) is 0.907. The molecule has 0 fully saturated rings. The van der Waals surface area contributed by atoms with Crippen molar-refractivity contribution < 1.29 is 13.2 Å². The molecule has 4 heteroatoms. The summed E-state index contributed by atoms with van der Waals surface area (Å²) in [5, 5.41) is 0. The van der Waals surface area contributed by atoms with E-state index in [-0.39, 0.29) is 6.04 Å². The fourth-order valence-corrected chi connectivity index (χ4v) is 2.05. The Bertz CT molecular complexity index is 563. The second-order valence-corrected chi connectivity index (χ2v) is 4.41. The topological polar surface area (TPSA) is 39.2 Å². The average molecular weight is 251 g/mol. The summed E-state index contributed by atoms with van der Waals surface area (Å²) in [7, 11) is 0. The van der Waals surface area contributed by atoms with Gasteiger partial charge in [-0.15, -0.1) is 0 Å². The average Bonchev–Trinajstić information content (AvgIpc) is 2.62. The Kier molecular flexibility index (Phi) is 3.48. The zero-order valence-corrected chi connectivity index (χ0v) is 10.3. The van der Waals surface area contributed by atoms with Crippen molar-refractivity contribution in [1.82, 2.24) is 0 Å². The van der Waals surface area contributed by atoms with Crippen LogP contribution in [0.1, 0.15) is 28.7 Å². The molecular formula is C14H15F2NO. The standard InChI is InChI=1S/C14H15F2NO/c1-8-5-12(9(2)18-8)14(17)6-10-3-4-11(15)7-13(10)16/h3-5,7,14H,6,17H2,1-2H3. The molecule has 2 rings (SSSR count). The molecule has 2 aromatic rings. The van der Waals surface area contributed by atoms with Gasteiger partial charge >= 0.3 is 0 Å². The van der Waals surface area contributed by atoms with Gasteiger partial charge in [-0.25, -0.2) is 8.78 Å².